The topological polar surface area (TPSA) is 102 Å². The second-order valence-corrected chi connectivity index (χ2v) is 5.08. The molecule has 0 bridgehead atoms. The summed E-state index contributed by atoms with van der Waals surface area (Å²) in [6.45, 7) is 5.24. The molecule has 0 radical (unpaired) electrons. The van der Waals surface area contributed by atoms with Crippen molar-refractivity contribution in [3.8, 4) is 0 Å². The number of benzene rings is 1. The lowest BCUT2D eigenvalue weighted by Gasteiger charge is -2.20. The van der Waals surface area contributed by atoms with E-state index in [0.29, 0.717) is 12.0 Å². The van der Waals surface area contributed by atoms with E-state index in [1.54, 1.807) is 12.1 Å². The highest BCUT2D eigenvalue weighted by Crippen LogP contribution is 2.19. The maximum Gasteiger partial charge on any atom is 0.374 e. The Labute approximate surface area is 124 Å². The molecule has 0 aliphatic carbocycles. The van der Waals surface area contributed by atoms with Crippen LogP contribution >= 0.6 is 0 Å². The number of nitrogens with two attached hydrogens (primary N) is 1. The molecule has 0 spiro atoms. The van der Waals surface area contributed by atoms with Crippen LogP contribution in [0.2, 0.25) is 6.82 Å². The van der Waals surface area contributed by atoms with E-state index in [0.717, 1.165) is 16.7 Å². The number of methoxy groups -OCH3 is 1. The minimum atomic E-state index is -0.834. The quantitative estimate of drug-likeness (QED) is 0.513. The molecule has 1 aromatic rings. The summed E-state index contributed by atoms with van der Waals surface area (Å²) in [5.74, 6) is -0.937. The highest BCUT2D eigenvalue weighted by atomic mass is 16.5. The number of hydrogen-bond donors (Lipinski definition) is 3. The van der Waals surface area contributed by atoms with Gasteiger partial charge in [-0.1, -0.05) is 0 Å². The van der Waals surface area contributed by atoms with Gasteiger partial charge in [0.1, 0.15) is 6.04 Å². The third-order valence-electron chi connectivity index (χ3n) is 3.32. The Balaban J connectivity index is 3.09. The van der Waals surface area contributed by atoms with Gasteiger partial charge in [-0.25, -0.2) is 0 Å². The van der Waals surface area contributed by atoms with Crippen molar-refractivity contribution in [2.75, 3.05) is 7.11 Å². The van der Waals surface area contributed by atoms with E-state index in [2.05, 4.69) is 5.23 Å². The molecule has 114 valence electrons. The van der Waals surface area contributed by atoms with Gasteiger partial charge < -0.3 is 20.7 Å². The fourth-order valence-corrected chi connectivity index (χ4v) is 2.31. The number of aryl methyl sites for hydroxylation is 2. The lowest BCUT2D eigenvalue weighted by Crippen LogP contribution is -2.46. The van der Waals surface area contributed by atoms with E-state index < -0.39 is 25.0 Å². The number of carbonyl (C=O) groups excluding carboxylic acids is 2. The second-order valence-electron chi connectivity index (χ2n) is 5.08. The van der Waals surface area contributed by atoms with Crippen LogP contribution in [0.4, 0.5) is 0 Å². The van der Waals surface area contributed by atoms with Crippen molar-refractivity contribution in [2.45, 2.75) is 33.1 Å². The normalized spacial score (nSPS) is 11.9. The van der Waals surface area contributed by atoms with Crippen LogP contribution in [-0.4, -0.2) is 37.1 Å². The number of nitrogens with one attached hydrogen (secondary N) is 1. The van der Waals surface area contributed by atoms with Crippen LogP contribution < -0.4 is 11.0 Å². The van der Waals surface area contributed by atoms with Crippen LogP contribution in [0.5, 0.6) is 0 Å². The zero-order valence-electron chi connectivity index (χ0n) is 12.8. The Hall–Kier alpha value is -1.86. The summed E-state index contributed by atoms with van der Waals surface area (Å²) in [6.07, 6.45) is 0.355. The van der Waals surface area contributed by atoms with E-state index >= 15 is 0 Å². The highest BCUT2D eigenvalue weighted by molar-refractivity contribution is 6.46. The molecule has 0 saturated carbocycles. The van der Waals surface area contributed by atoms with Crippen LogP contribution in [0, 0.1) is 13.8 Å². The predicted molar refractivity (Wildman–Crippen MR) is 80.9 cm³/mol. The first-order valence-corrected chi connectivity index (χ1v) is 6.68. The van der Waals surface area contributed by atoms with Crippen molar-refractivity contribution in [2.24, 2.45) is 5.73 Å². The van der Waals surface area contributed by atoms with Crippen molar-refractivity contribution in [1.82, 2.24) is 5.23 Å². The summed E-state index contributed by atoms with van der Waals surface area (Å²) >= 11 is 0. The minimum Gasteiger partial charge on any atom is -0.468 e. The fourth-order valence-electron chi connectivity index (χ4n) is 2.31. The van der Waals surface area contributed by atoms with Crippen LogP contribution in [0.3, 0.4) is 0 Å². The SMILES string of the molecule is COC(=O)[C@H](Cc1c(C)cc(C(N)=O)cc1C)NB(C)O. The van der Waals surface area contributed by atoms with Crippen molar-refractivity contribution < 1.29 is 19.3 Å². The maximum absolute atomic E-state index is 11.8. The van der Waals surface area contributed by atoms with Crippen molar-refractivity contribution >= 4 is 18.9 Å². The van der Waals surface area contributed by atoms with Gasteiger partial charge in [0, 0.05) is 5.56 Å². The average Bonchev–Trinajstić information content (AvgIpc) is 2.39. The summed E-state index contributed by atoms with van der Waals surface area (Å²) in [5, 5.41) is 12.2. The zero-order chi connectivity index (χ0) is 16.2. The Kier molecular flexibility index (Phi) is 5.93. The molecule has 1 amide bonds. The Morgan fingerprint density at radius 2 is 1.90 bits per heavy atom. The van der Waals surface area contributed by atoms with Gasteiger partial charge in [-0.3, -0.25) is 9.59 Å². The van der Waals surface area contributed by atoms with Crippen LogP contribution in [0.1, 0.15) is 27.0 Å². The number of amides is 1. The van der Waals surface area contributed by atoms with E-state index in [9.17, 15) is 14.6 Å². The number of ether oxygens (including phenoxy) is 1. The van der Waals surface area contributed by atoms with E-state index in [1.807, 2.05) is 13.8 Å². The molecule has 0 fully saturated rings. The first-order valence-electron chi connectivity index (χ1n) is 6.68. The minimum absolute atomic E-state index is 0.355. The summed E-state index contributed by atoms with van der Waals surface area (Å²) in [7, 11) is 0.467. The smallest absolute Gasteiger partial charge is 0.374 e. The Morgan fingerprint density at radius 1 is 1.38 bits per heavy atom. The summed E-state index contributed by atoms with van der Waals surface area (Å²) in [5.41, 5.74) is 8.37. The highest BCUT2D eigenvalue weighted by Gasteiger charge is 2.24. The van der Waals surface area contributed by atoms with Gasteiger partial charge in [0.05, 0.1) is 7.11 Å². The number of hydrogen-bond acceptors (Lipinski definition) is 5. The first-order chi connectivity index (χ1) is 9.76. The number of carbonyl (C=O) groups is 2. The average molecular weight is 292 g/mol. The van der Waals surface area contributed by atoms with Crippen molar-refractivity contribution in [3.05, 3.63) is 34.4 Å². The molecular formula is C14H21BN2O4. The van der Waals surface area contributed by atoms with Gasteiger partial charge in [0.25, 0.3) is 0 Å². The molecule has 0 heterocycles. The predicted octanol–water partition coefficient (Wildman–Crippen LogP) is 0.186. The molecule has 21 heavy (non-hydrogen) atoms. The Morgan fingerprint density at radius 3 is 2.29 bits per heavy atom. The lowest BCUT2D eigenvalue weighted by atomic mass is 9.85. The number of esters is 1. The first kappa shape index (κ1) is 17.2. The Bertz CT molecular complexity index is 523. The summed E-state index contributed by atoms with van der Waals surface area (Å²) in [6, 6.07) is 2.73. The monoisotopic (exact) mass is 292 g/mol. The third kappa shape index (κ3) is 4.58. The van der Waals surface area contributed by atoms with Gasteiger partial charge in [-0.05, 0) is 55.9 Å². The van der Waals surface area contributed by atoms with Crippen LogP contribution in [0.15, 0.2) is 12.1 Å². The summed E-state index contributed by atoms with van der Waals surface area (Å²) < 4.78 is 4.74. The van der Waals surface area contributed by atoms with E-state index in [-0.39, 0.29) is 0 Å². The molecule has 6 nitrogen and oxygen atoms in total. The largest absolute Gasteiger partial charge is 0.468 e. The van der Waals surface area contributed by atoms with Crippen molar-refractivity contribution in [3.63, 3.8) is 0 Å². The second kappa shape index (κ2) is 7.24. The summed E-state index contributed by atoms with van der Waals surface area (Å²) in [4.78, 5) is 23.0. The molecule has 0 saturated heterocycles. The number of rotatable bonds is 6. The molecule has 4 N–H and O–H groups in total. The van der Waals surface area contributed by atoms with Gasteiger partial charge in [0.15, 0.2) is 0 Å². The van der Waals surface area contributed by atoms with E-state index in [4.69, 9.17) is 10.5 Å². The zero-order valence-corrected chi connectivity index (χ0v) is 12.8. The molecule has 0 unspecified atom stereocenters. The molecular weight excluding hydrogens is 271 g/mol. The van der Waals surface area contributed by atoms with Gasteiger partial charge in [-0.15, -0.1) is 0 Å². The molecule has 1 atom stereocenters. The maximum atomic E-state index is 11.8. The third-order valence-corrected chi connectivity index (χ3v) is 3.32. The van der Waals surface area contributed by atoms with Crippen molar-refractivity contribution in [1.29, 1.82) is 0 Å². The molecule has 1 rings (SSSR count). The fraction of sp³-hybridized carbons (Fsp3) is 0.429. The van der Waals surface area contributed by atoms with Gasteiger partial charge >= 0.3 is 13.0 Å². The molecule has 1 aromatic carbocycles. The van der Waals surface area contributed by atoms with Crippen LogP contribution in [-0.2, 0) is 16.0 Å². The molecule has 0 aliphatic rings. The molecule has 0 aromatic heterocycles. The van der Waals surface area contributed by atoms with Gasteiger partial charge in [0.2, 0.25) is 5.91 Å². The number of primary amides is 1. The standard InChI is InChI=1S/C14H21BN2O4/c1-8-5-10(13(16)18)6-9(2)11(8)7-12(14(19)21-4)17-15(3)20/h5-6,12,17,20H,7H2,1-4H3,(H2,16,18)/t12-/m0/s1. The van der Waals surface area contributed by atoms with Crippen LogP contribution in [0.25, 0.3) is 0 Å². The van der Waals surface area contributed by atoms with E-state index in [1.165, 1.54) is 13.9 Å². The molecule has 0 aliphatic heterocycles. The lowest BCUT2D eigenvalue weighted by molar-refractivity contribution is -0.142. The van der Waals surface area contributed by atoms with Gasteiger partial charge in [-0.2, -0.15) is 0 Å². The molecule has 7 heteroatoms.